The predicted molar refractivity (Wildman–Crippen MR) is 70.4 cm³/mol. The largest absolute Gasteiger partial charge is 0.381 e. The molecule has 0 aromatic rings. The van der Waals surface area contributed by atoms with E-state index >= 15 is 0 Å². The van der Waals surface area contributed by atoms with Crippen molar-refractivity contribution >= 4 is 0 Å². The highest BCUT2D eigenvalue weighted by molar-refractivity contribution is 4.81. The average Bonchev–Trinajstić information content (AvgIpc) is 2.80. The summed E-state index contributed by atoms with van der Waals surface area (Å²) < 4.78 is 5.39. The number of nitrogens with one attached hydrogen (secondary N) is 1. The summed E-state index contributed by atoms with van der Waals surface area (Å²) in [6, 6.07) is 0.687. The molecule has 1 saturated heterocycles. The lowest BCUT2D eigenvalue weighted by Crippen LogP contribution is -2.47. The van der Waals surface area contributed by atoms with E-state index in [0.29, 0.717) is 12.1 Å². The molecule has 0 spiro atoms. The Labute approximate surface area is 105 Å². The zero-order valence-electron chi connectivity index (χ0n) is 11.3. The first-order chi connectivity index (χ1) is 8.28. The van der Waals surface area contributed by atoms with Crippen molar-refractivity contribution in [3.8, 4) is 0 Å². The Bertz CT molecular complexity index is 215. The van der Waals surface area contributed by atoms with Crippen LogP contribution in [0.4, 0.5) is 0 Å². The average molecular weight is 241 g/mol. The van der Waals surface area contributed by atoms with Gasteiger partial charge < -0.3 is 15.0 Å². The third-order valence-corrected chi connectivity index (χ3v) is 4.17. The number of nitrogens with zero attached hydrogens (tertiary/aromatic N) is 2. The number of piperazine rings is 1. The van der Waals surface area contributed by atoms with Crippen LogP contribution >= 0.6 is 0 Å². The fourth-order valence-electron chi connectivity index (χ4n) is 2.84. The van der Waals surface area contributed by atoms with Gasteiger partial charge in [0, 0.05) is 52.4 Å². The summed E-state index contributed by atoms with van der Waals surface area (Å²) in [7, 11) is 4.04. The Morgan fingerprint density at radius 3 is 2.59 bits per heavy atom. The molecule has 1 N–H and O–H groups in total. The highest BCUT2D eigenvalue weighted by Gasteiger charge is 2.23. The second kappa shape index (κ2) is 6.69. The lowest BCUT2D eigenvalue weighted by Gasteiger charge is -2.32. The third kappa shape index (κ3) is 4.21. The molecule has 1 saturated carbocycles. The van der Waals surface area contributed by atoms with Crippen molar-refractivity contribution in [1.82, 2.24) is 15.1 Å². The molecule has 1 aliphatic carbocycles. The van der Waals surface area contributed by atoms with E-state index in [4.69, 9.17) is 4.74 Å². The van der Waals surface area contributed by atoms with Crippen molar-refractivity contribution in [2.24, 2.45) is 0 Å². The van der Waals surface area contributed by atoms with Crippen molar-refractivity contribution in [3.05, 3.63) is 0 Å². The van der Waals surface area contributed by atoms with E-state index in [1.807, 2.05) is 7.11 Å². The van der Waals surface area contributed by atoms with Gasteiger partial charge in [0.15, 0.2) is 0 Å². The third-order valence-electron chi connectivity index (χ3n) is 4.17. The van der Waals surface area contributed by atoms with Crippen LogP contribution in [0.3, 0.4) is 0 Å². The number of methoxy groups -OCH3 is 1. The Balaban J connectivity index is 1.54. The summed E-state index contributed by atoms with van der Waals surface area (Å²) >= 11 is 0. The second-order valence-corrected chi connectivity index (χ2v) is 5.47. The topological polar surface area (TPSA) is 27.7 Å². The van der Waals surface area contributed by atoms with E-state index in [1.165, 1.54) is 52.0 Å². The molecule has 100 valence electrons. The summed E-state index contributed by atoms with van der Waals surface area (Å²) in [6.07, 6.45) is 4.19. The van der Waals surface area contributed by atoms with Crippen LogP contribution < -0.4 is 5.32 Å². The van der Waals surface area contributed by atoms with Crippen molar-refractivity contribution in [1.29, 1.82) is 0 Å². The molecule has 0 radical (unpaired) electrons. The van der Waals surface area contributed by atoms with Crippen LogP contribution in [0.5, 0.6) is 0 Å². The first-order valence-electron chi connectivity index (χ1n) is 6.95. The molecule has 0 amide bonds. The molecule has 0 aromatic carbocycles. The first kappa shape index (κ1) is 13.3. The van der Waals surface area contributed by atoms with Crippen LogP contribution in [-0.4, -0.2) is 75.4 Å². The number of hydrogen-bond donors (Lipinski definition) is 1. The molecule has 0 aromatic heterocycles. The first-order valence-corrected chi connectivity index (χ1v) is 6.95. The van der Waals surface area contributed by atoms with Gasteiger partial charge in [-0.3, -0.25) is 4.90 Å². The smallest absolute Gasteiger partial charge is 0.0586 e. The fraction of sp³-hybridized carbons (Fsp3) is 1.00. The van der Waals surface area contributed by atoms with E-state index in [2.05, 4.69) is 22.2 Å². The van der Waals surface area contributed by atoms with Gasteiger partial charge in [-0.15, -0.1) is 0 Å². The highest BCUT2D eigenvalue weighted by atomic mass is 16.5. The molecule has 4 nitrogen and oxygen atoms in total. The summed E-state index contributed by atoms with van der Waals surface area (Å²) in [6.45, 7) is 7.21. The highest BCUT2D eigenvalue weighted by Crippen LogP contribution is 2.21. The van der Waals surface area contributed by atoms with Crippen LogP contribution in [0.1, 0.15) is 19.3 Å². The molecular weight excluding hydrogens is 214 g/mol. The molecular formula is C13H27N3O. The molecule has 4 heteroatoms. The molecule has 2 fully saturated rings. The Morgan fingerprint density at radius 1 is 1.18 bits per heavy atom. The van der Waals surface area contributed by atoms with Crippen LogP contribution in [-0.2, 0) is 4.74 Å². The van der Waals surface area contributed by atoms with Gasteiger partial charge in [0.05, 0.1) is 6.10 Å². The van der Waals surface area contributed by atoms with Crippen molar-refractivity contribution in [2.45, 2.75) is 31.4 Å². The van der Waals surface area contributed by atoms with E-state index in [9.17, 15) is 0 Å². The van der Waals surface area contributed by atoms with Crippen molar-refractivity contribution < 1.29 is 4.74 Å². The maximum absolute atomic E-state index is 5.39. The predicted octanol–water partition coefficient (Wildman–Crippen LogP) is 0.391. The Hall–Kier alpha value is -0.160. The fourth-order valence-corrected chi connectivity index (χ4v) is 2.84. The standard InChI is InChI=1S/C13H27N3O/c1-15-7-9-16(10-8-15)6-5-14-12-3-4-13(11-12)17-2/h12-14H,3-11H2,1-2H3. The minimum Gasteiger partial charge on any atom is -0.381 e. The molecule has 17 heavy (non-hydrogen) atoms. The number of hydrogen-bond acceptors (Lipinski definition) is 4. The lowest BCUT2D eigenvalue weighted by molar-refractivity contribution is 0.106. The molecule has 1 heterocycles. The minimum absolute atomic E-state index is 0.496. The van der Waals surface area contributed by atoms with Crippen LogP contribution in [0, 0.1) is 0 Å². The SMILES string of the molecule is COC1CCC(NCCN2CCN(C)CC2)C1. The summed E-state index contributed by atoms with van der Waals surface area (Å²) in [5.74, 6) is 0. The van der Waals surface area contributed by atoms with E-state index in [-0.39, 0.29) is 0 Å². The van der Waals surface area contributed by atoms with Gasteiger partial charge in [0.25, 0.3) is 0 Å². The maximum atomic E-state index is 5.39. The van der Waals surface area contributed by atoms with Gasteiger partial charge in [0.1, 0.15) is 0 Å². The zero-order valence-corrected chi connectivity index (χ0v) is 11.3. The van der Waals surface area contributed by atoms with E-state index in [0.717, 1.165) is 6.54 Å². The van der Waals surface area contributed by atoms with E-state index < -0.39 is 0 Å². The van der Waals surface area contributed by atoms with Gasteiger partial charge in [-0.05, 0) is 26.3 Å². The summed E-state index contributed by atoms with van der Waals surface area (Å²) in [5, 5.41) is 3.67. The second-order valence-electron chi connectivity index (χ2n) is 5.47. The number of ether oxygens (including phenoxy) is 1. The molecule has 2 aliphatic rings. The Kier molecular flexibility index (Phi) is 5.22. The molecule has 2 unspecified atom stereocenters. The molecule has 1 aliphatic heterocycles. The quantitative estimate of drug-likeness (QED) is 0.754. The lowest BCUT2D eigenvalue weighted by atomic mass is 10.2. The van der Waals surface area contributed by atoms with Gasteiger partial charge in [-0.2, -0.15) is 0 Å². The zero-order chi connectivity index (χ0) is 12.1. The number of rotatable bonds is 5. The van der Waals surface area contributed by atoms with Gasteiger partial charge in [-0.25, -0.2) is 0 Å². The van der Waals surface area contributed by atoms with Gasteiger partial charge in [-0.1, -0.05) is 0 Å². The maximum Gasteiger partial charge on any atom is 0.0586 e. The summed E-state index contributed by atoms with van der Waals surface area (Å²) in [5.41, 5.74) is 0. The number of likely N-dealkylation sites (N-methyl/N-ethyl adjacent to an activating group) is 1. The normalized spacial score (nSPS) is 32.1. The van der Waals surface area contributed by atoms with Gasteiger partial charge >= 0.3 is 0 Å². The molecule has 2 atom stereocenters. The molecule has 0 bridgehead atoms. The van der Waals surface area contributed by atoms with Crippen LogP contribution in [0.2, 0.25) is 0 Å². The minimum atomic E-state index is 0.496. The van der Waals surface area contributed by atoms with Crippen LogP contribution in [0.15, 0.2) is 0 Å². The van der Waals surface area contributed by atoms with Crippen molar-refractivity contribution in [2.75, 3.05) is 53.4 Å². The molecule has 2 rings (SSSR count). The Morgan fingerprint density at radius 2 is 1.94 bits per heavy atom. The van der Waals surface area contributed by atoms with Gasteiger partial charge in [0.2, 0.25) is 0 Å². The monoisotopic (exact) mass is 241 g/mol. The summed E-state index contributed by atoms with van der Waals surface area (Å²) in [4.78, 5) is 4.97. The van der Waals surface area contributed by atoms with Crippen molar-refractivity contribution in [3.63, 3.8) is 0 Å². The van der Waals surface area contributed by atoms with Crippen LogP contribution in [0.25, 0.3) is 0 Å². The van der Waals surface area contributed by atoms with E-state index in [1.54, 1.807) is 0 Å².